The number of hydrogen-bond acceptors (Lipinski definition) is 6. The molecule has 0 saturated heterocycles. The molecule has 0 fully saturated rings. The van der Waals surface area contributed by atoms with Crippen molar-refractivity contribution in [1.29, 1.82) is 0 Å². The predicted molar refractivity (Wildman–Crippen MR) is 339 cm³/mol. The highest BCUT2D eigenvalue weighted by molar-refractivity contribution is 5.71. The van der Waals surface area contributed by atoms with Crippen molar-refractivity contribution in [3.05, 3.63) is 48.6 Å². The summed E-state index contributed by atoms with van der Waals surface area (Å²) < 4.78 is 16.9. The molecule has 0 rings (SSSR count). The highest BCUT2D eigenvalue weighted by Gasteiger charge is 2.19. The molecule has 0 aliphatic rings. The summed E-state index contributed by atoms with van der Waals surface area (Å²) in [5.41, 5.74) is 0. The van der Waals surface area contributed by atoms with Crippen LogP contribution in [0.3, 0.4) is 0 Å². The van der Waals surface area contributed by atoms with Crippen molar-refractivity contribution in [3.8, 4) is 0 Å². The molecule has 0 aromatic heterocycles. The molecule has 0 aromatic carbocycles. The standard InChI is InChI=1S/C72H132O6/c1-4-7-10-13-16-19-22-25-27-29-30-31-32-33-34-35-36-37-38-39-40-41-42-43-45-47-50-53-56-59-62-65-71(74)77-68-69(67-76-70(73)64-61-58-55-52-49-46-24-21-18-15-12-9-6-3)78-72(75)66-63-60-57-54-51-48-44-28-26-23-20-17-14-11-8-5-2/h12,15,21,24,28-30,44,69H,4-11,13-14,16-20,22-23,25-27,31-43,45-68H2,1-3H3/b15-12-,24-21-,30-29-,44-28-. The van der Waals surface area contributed by atoms with Crippen LogP contribution in [0.15, 0.2) is 48.6 Å². The number of ether oxygens (including phenoxy) is 3. The van der Waals surface area contributed by atoms with Gasteiger partial charge in [-0.05, 0) is 96.3 Å². The molecule has 6 heteroatoms. The van der Waals surface area contributed by atoms with E-state index in [-0.39, 0.29) is 31.1 Å². The maximum absolute atomic E-state index is 12.9. The number of hydrogen-bond donors (Lipinski definition) is 0. The first kappa shape index (κ1) is 75.4. The van der Waals surface area contributed by atoms with Gasteiger partial charge in [0.2, 0.25) is 0 Å². The van der Waals surface area contributed by atoms with Gasteiger partial charge in [-0.1, -0.05) is 307 Å². The zero-order chi connectivity index (χ0) is 56.4. The van der Waals surface area contributed by atoms with Crippen LogP contribution in [0, 0.1) is 0 Å². The maximum Gasteiger partial charge on any atom is 0.306 e. The Morgan fingerprint density at radius 3 is 0.769 bits per heavy atom. The molecular weight excluding hydrogens is 961 g/mol. The van der Waals surface area contributed by atoms with Crippen LogP contribution in [-0.2, 0) is 28.6 Å². The molecule has 0 amide bonds. The summed E-state index contributed by atoms with van der Waals surface area (Å²) in [6, 6.07) is 0. The van der Waals surface area contributed by atoms with Crippen molar-refractivity contribution in [2.24, 2.45) is 0 Å². The summed E-state index contributed by atoms with van der Waals surface area (Å²) >= 11 is 0. The summed E-state index contributed by atoms with van der Waals surface area (Å²) in [6.07, 6.45) is 84.4. The maximum atomic E-state index is 12.9. The van der Waals surface area contributed by atoms with E-state index >= 15 is 0 Å². The van der Waals surface area contributed by atoms with Gasteiger partial charge in [-0.2, -0.15) is 0 Å². The Kier molecular flexibility index (Phi) is 64.6. The average molecular weight is 1090 g/mol. The second-order valence-corrected chi connectivity index (χ2v) is 23.4. The summed E-state index contributed by atoms with van der Waals surface area (Å²) in [7, 11) is 0. The molecule has 0 radical (unpaired) electrons. The Morgan fingerprint density at radius 2 is 0.487 bits per heavy atom. The first-order valence-electron chi connectivity index (χ1n) is 34.6. The molecule has 0 heterocycles. The van der Waals surface area contributed by atoms with E-state index in [1.54, 1.807) is 0 Å². The van der Waals surface area contributed by atoms with E-state index < -0.39 is 6.10 Å². The molecule has 0 aliphatic heterocycles. The largest absolute Gasteiger partial charge is 0.462 e. The van der Waals surface area contributed by atoms with Crippen LogP contribution < -0.4 is 0 Å². The van der Waals surface area contributed by atoms with E-state index in [1.807, 2.05) is 0 Å². The van der Waals surface area contributed by atoms with Crippen molar-refractivity contribution in [2.45, 2.75) is 380 Å². The zero-order valence-electron chi connectivity index (χ0n) is 52.5. The Hall–Kier alpha value is -2.63. The molecule has 0 aromatic rings. The van der Waals surface area contributed by atoms with E-state index in [9.17, 15) is 14.4 Å². The van der Waals surface area contributed by atoms with Crippen molar-refractivity contribution >= 4 is 17.9 Å². The lowest BCUT2D eigenvalue weighted by molar-refractivity contribution is -0.167. The lowest BCUT2D eigenvalue weighted by Gasteiger charge is -2.18. The molecule has 78 heavy (non-hydrogen) atoms. The number of unbranched alkanes of at least 4 members (excludes halogenated alkanes) is 45. The number of carbonyl (C=O) groups excluding carboxylic acids is 3. The molecule has 0 saturated carbocycles. The minimum absolute atomic E-state index is 0.0775. The Labute approximate surface area is 486 Å². The van der Waals surface area contributed by atoms with Crippen molar-refractivity contribution < 1.29 is 28.6 Å². The Morgan fingerprint density at radius 1 is 0.256 bits per heavy atom. The van der Waals surface area contributed by atoms with Crippen molar-refractivity contribution in [2.75, 3.05) is 13.2 Å². The number of carbonyl (C=O) groups is 3. The molecule has 0 bridgehead atoms. The first-order chi connectivity index (χ1) is 38.5. The molecule has 6 nitrogen and oxygen atoms in total. The van der Waals surface area contributed by atoms with Crippen LogP contribution in [-0.4, -0.2) is 37.2 Å². The normalized spacial score (nSPS) is 12.3. The van der Waals surface area contributed by atoms with Gasteiger partial charge in [0.25, 0.3) is 0 Å². The molecule has 1 atom stereocenters. The average Bonchev–Trinajstić information content (AvgIpc) is 3.44. The van der Waals surface area contributed by atoms with Gasteiger partial charge in [-0.25, -0.2) is 0 Å². The number of esters is 3. The highest BCUT2D eigenvalue weighted by atomic mass is 16.6. The lowest BCUT2D eigenvalue weighted by atomic mass is 10.0. The molecule has 0 aliphatic carbocycles. The molecule has 0 N–H and O–H groups in total. The van der Waals surface area contributed by atoms with E-state index in [1.165, 1.54) is 244 Å². The van der Waals surface area contributed by atoms with Gasteiger partial charge >= 0.3 is 17.9 Å². The minimum atomic E-state index is -0.782. The van der Waals surface area contributed by atoms with E-state index in [2.05, 4.69) is 69.4 Å². The minimum Gasteiger partial charge on any atom is -0.462 e. The van der Waals surface area contributed by atoms with Crippen LogP contribution in [0.2, 0.25) is 0 Å². The van der Waals surface area contributed by atoms with Crippen LogP contribution >= 0.6 is 0 Å². The van der Waals surface area contributed by atoms with Gasteiger partial charge < -0.3 is 14.2 Å². The fraction of sp³-hybridized carbons (Fsp3) is 0.847. The third-order valence-corrected chi connectivity index (χ3v) is 15.5. The Bertz CT molecular complexity index is 1350. The summed E-state index contributed by atoms with van der Waals surface area (Å²) in [6.45, 7) is 6.61. The first-order valence-corrected chi connectivity index (χ1v) is 34.6. The third-order valence-electron chi connectivity index (χ3n) is 15.5. The SMILES string of the molecule is CCC/C=C\C/C=C\CCCCCCCC(=O)OCC(COC(=O)CCCCCCCCCCCCCCCCCCCCC/C=C\CCCCCCCCCC)OC(=O)CCCCCCC/C=C\CCCCCCCCC. The summed E-state index contributed by atoms with van der Waals surface area (Å²) in [5.74, 6) is -0.880. The zero-order valence-corrected chi connectivity index (χ0v) is 52.5. The van der Waals surface area contributed by atoms with Crippen LogP contribution in [0.5, 0.6) is 0 Å². The smallest absolute Gasteiger partial charge is 0.306 e. The lowest BCUT2D eigenvalue weighted by Crippen LogP contribution is -2.30. The topological polar surface area (TPSA) is 78.9 Å². The van der Waals surface area contributed by atoms with Gasteiger partial charge in [0, 0.05) is 19.3 Å². The van der Waals surface area contributed by atoms with Crippen molar-refractivity contribution in [1.82, 2.24) is 0 Å². The van der Waals surface area contributed by atoms with Gasteiger partial charge in [-0.3, -0.25) is 14.4 Å². The third kappa shape index (κ3) is 64.2. The fourth-order valence-electron chi connectivity index (χ4n) is 10.3. The fourth-order valence-corrected chi connectivity index (χ4v) is 10.3. The summed E-state index contributed by atoms with van der Waals surface area (Å²) in [5, 5.41) is 0. The van der Waals surface area contributed by atoms with Crippen LogP contribution in [0.1, 0.15) is 374 Å². The molecule has 1 unspecified atom stereocenters. The molecular formula is C72H132O6. The molecule has 0 spiro atoms. The highest BCUT2D eigenvalue weighted by Crippen LogP contribution is 2.18. The quantitative estimate of drug-likeness (QED) is 0.0261. The van der Waals surface area contributed by atoms with Crippen molar-refractivity contribution in [3.63, 3.8) is 0 Å². The van der Waals surface area contributed by atoms with Crippen LogP contribution in [0.25, 0.3) is 0 Å². The van der Waals surface area contributed by atoms with Gasteiger partial charge in [-0.15, -0.1) is 0 Å². The Balaban J connectivity index is 4.14. The van der Waals surface area contributed by atoms with E-state index in [4.69, 9.17) is 14.2 Å². The monoisotopic (exact) mass is 1090 g/mol. The second-order valence-electron chi connectivity index (χ2n) is 23.4. The predicted octanol–water partition coefficient (Wildman–Crippen LogP) is 23.7. The van der Waals surface area contributed by atoms with Gasteiger partial charge in [0.1, 0.15) is 13.2 Å². The summed E-state index contributed by atoms with van der Waals surface area (Å²) in [4.78, 5) is 38.3. The van der Waals surface area contributed by atoms with Crippen LogP contribution in [0.4, 0.5) is 0 Å². The number of allylic oxidation sites excluding steroid dienone is 8. The van der Waals surface area contributed by atoms with E-state index in [0.29, 0.717) is 19.3 Å². The molecule has 456 valence electrons. The van der Waals surface area contributed by atoms with Gasteiger partial charge in [0.15, 0.2) is 6.10 Å². The van der Waals surface area contributed by atoms with Gasteiger partial charge in [0.05, 0.1) is 0 Å². The van der Waals surface area contributed by atoms with E-state index in [0.717, 1.165) is 89.9 Å². The second kappa shape index (κ2) is 66.9. The number of rotatable bonds is 64.